The molecule has 1 rings (SSSR count). The van der Waals surface area contributed by atoms with Crippen LogP contribution in [0.25, 0.3) is 0 Å². The standard InChI is InChI=1S/C11H16ClN3O2S/c1-7(18(3)17)6-14-11(16)10-8(12)4-5-9(13-2)15-10/h4-5,7H,6H2,1-3H3,(H,13,15)(H,14,16). The van der Waals surface area contributed by atoms with Crippen LogP contribution >= 0.6 is 11.6 Å². The lowest BCUT2D eigenvalue weighted by Crippen LogP contribution is -2.33. The second-order valence-corrected chi connectivity index (χ2v) is 6.01. The topological polar surface area (TPSA) is 71.1 Å². The van der Waals surface area contributed by atoms with Crippen LogP contribution in [-0.4, -0.2) is 40.2 Å². The zero-order valence-corrected chi connectivity index (χ0v) is 12.1. The molecule has 5 nitrogen and oxygen atoms in total. The lowest BCUT2D eigenvalue weighted by molar-refractivity contribution is 0.0949. The molecule has 1 heterocycles. The monoisotopic (exact) mass is 289 g/mol. The number of carbonyl (C=O) groups excluding carboxylic acids is 1. The number of amides is 1. The summed E-state index contributed by atoms with van der Waals surface area (Å²) in [6.07, 6.45) is 1.60. The van der Waals surface area contributed by atoms with Crippen LogP contribution in [0.15, 0.2) is 12.1 Å². The molecule has 1 amide bonds. The summed E-state index contributed by atoms with van der Waals surface area (Å²) in [4.78, 5) is 16.0. The van der Waals surface area contributed by atoms with Gasteiger partial charge in [-0.05, 0) is 19.1 Å². The molecule has 0 saturated carbocycles. The molecule has 0 aliphatic carbocycles. The highest BCUT2D eigenvalue weighted by molar-refractivity contribution is 7.84. The van der Waals surface area contributed by atoms with E-state index >= 15 is 0 Å². The highest BCUT2D eigenvalue weighted by Gasteiger charge is 2.14. The predicted molar refractivity (Wildman–Crippen MR) is 74.7 cm³/mol. The number of hydrogen-bond donors (Lipinski definition) is 2. The van der Waals surface area contributed by atoms with E-state index in [1.165, 1.54) is 0 Å². The first kappa shape index (κ1) is 14.9. The van der Waals surface area contributed by atoms with E-state index in [1.54, 1.807) is 32.4 Å². The Morgan fingerprint density at radius 3 is 2.78 bits per heavy atom. The maximum Gasteiger partial charge on any atom is 0.271 e. The van der Waals surface area contributed by atoms with Crippen molar-refractivity contribution in [3.05, 3.63) is 22.8 Å². The molecule has 0 radical (unpaired) electrons. The van der Waals surface area contributed by atoms with Crippen molar-refractivity contribution < 1.29 is 9.00 Å². The lowest BCUT2D eigenvalue weighted by Gasteiger charge is -2.11. The highest BCUT2D eigenvalue weighted by Crippen LogP contribution is 2.16. The Hall–Kier alpha value is -1.14. The van der Waals surface area contributed by atoms with Crippen molar-refractivity contribution in [2.24, 2.45) is 0 Å². The molecule has 2 atom stereocenters. The van der Waals surface area contributed by atoms with Crippen molar-refractivity contribution in [3.63, 3.8) is 0 Å². The molecule has 0 aromatic carbocycles. The van der Waals surface area contributed by atoms with Crippen molar-refractivity contribution in [1.29, 1.82) is 0 Å². The Kier molecular flexibility index (Phi) is 5.55. The van der Waals surface area contributed by atoms with E-state index in [4.69, 9.17) is 11.6 Å². The first-order valence-electron chi connectivity index (χ1n) is 5.40. The van der Waals surface area contributed by atoms with Crippen LogP contribution in [0.3, 0.4) is 0 Å². The zero-order valence-electron chi connectivity index (χ0n) is 10.5. The summed E-state index contributed by atoms with van der Waals surface area (Å²) in [5.41, 5.74) is 0.164. The molecule has 0 fully saturated rings. The van der Waals surface area contributed by atoms with Crippen LogP contribution < -0.4 is 10.6 Å². The van der Waals surface area contributed by atoms with E-state index in [-0.39, 0.29) is 21.9 Å². The number of nitrogens with one attached hydrogen (secondary N) is 2. The van der Waals surface area contributed by atoms with E-state index in [0.29, 0.717) is 12.4 Å². The fourth-order valence-corrected chi connectivity index (χ4v) is 1.69. The molecule has 18 heavy (non-hydrogen) atoms. The van der Waals surface area contributed by atoms with Gasteiger partial charge in [0.05, 0.1) is 5.02 Å². The molecular formula is C11H16ClN3O2S. The van der Waals surface area contributed by atoms with E-state index in [1.807, 2.05) is 0 Å². The summed E-state index contributed by atoms with van der Waals surface area (Å²) in [6.45, 7) is 2.12. The van der Waals surface area contributed by atoms with Crippen molar-refractivity contribution in [2.75, 3.05) is 25.2 Å². The SMILES string of the molecule is CNc1ccc(Cl)c(C(=O)NCC(C)S(C)=O)n1. The predicted octanol–water partition coefficient (Wildman–Crippen LogP) is 1.27. The first-order chi connectivity index (χ1) is 8.45. The summed E-state index contributed by atoms with van der Waals surface area (Å²) in [7, 11) is 0.734. The Morgan fingerprint density at radius 1 is 1.56 bits per heavy atom. The number of rotatable bonds is 5. The summed E-state index contributed by atoms with van der Waals surface area (Å²) < 4.78 is 11.2. The van der Waals surface area contributed by atoms with E-state index < -0.39 is 10.8 Å². The van der Waals surface area contributed by atoms with Crippen molar-refractivity contribution in [3.8, 4) is 0 Å². The molecule has 1 aromatic heterocycles. The van der Waals surface area contributed by atoms with Gasteiger partial charge >= 0.3 is 0 Å². The lowest BCUT2D eigenvalue weighted by atomic mass is 10.3. The minimum Gasteiger partial charge on any atom is -0.373 e. The summed E-state index contributed by atoms with van der Waals surface area (Å²) >= 11 is 5.91. The zero-order chi connectivity index (χ0) is 13.7. The van der Waals surface area contributed by atoms with Gasteiger partial charge in [-0.25, -0.2) is 4.98 Å². The number of anilines is 1. The molecule has 0 aliphatic heterocycles. The molecule has 0 spiro atoms. The second-order valence-electron chi connectivity index (χ2n) is 3.80. The van der Waals surface area contributed by atoms with Crippen molar-refractivity contribution in [1.82, 2.24) is 10.3 Å². The van der Waals surface area contributed by atoms with Gasteiger partial charge in [0, 0.05) is 35.9 Å². The number of aromatic nitrogens is 1. The van der Waals surface area contributed by atoms with Gasteiger partial charge in [-0.1, -0.05) is 11.6 Å². The minimum atomic E-state index is -0.975. The summed E-state index contributed by atoms with van der Waals surface area (Å²) in [5.74, 6) is 0.200. The van der Waals surface area contributed by atoms with Gasteiger partial charge in [-0.2, -0.15) is 0 Å². The van der Waals surface area contributed by atoms with E-state index in [0.717, 1.165) is 0 Å². The van der Waals surface area contributed by atoms with Gasteiger partial charge in [-0.3, -0.25) is 9.00 Å². The second kappa shape index (κ2) is 6.70. The van der Waals surface area contributed by atoms with E-state index in [2.05, 4.69) is 15.6 Å². The number of nitrogens with zero attached hydrogens (tertiary/aromatic N) is 1. The third kappa shape index (κ3) is 3.96. The summed E-state index contributed by atoms with van der Waals surface area (Å²) in [6, 6.07) is 3.29. The molecule has 100 valence electrons. The Morgan fingerprint density at radius 2 is 2.22 bits per heavy atom. The average Bonchev–Trinajstić information content (AvgIpc) is 2.35. The van der Waals surface area contributed by atoms with Crippen molar-refractivity contribution in [2.45, 2.75) is 12.2 Å². The largest absolute Gasteiger partial charge is 0.373 e. The quantitative estimate of drug-likeness (QED) is 0.856. The smallest absolute Gasteiger partial charge is 0.271 e. The van der Waals surface area contributed by atoms with Crippen LogP contribution in [0.1, 0.15) is 17.4 Å². The van der Waals surface area contributed by atoms with Gasteiger partial charge in [-0.15, -0.1) is 0 Å². The molecule has 0 saturated heterocycles. The molecule has 0 bridgehead atoms. The Bertz CT molecular complexity index is 468. The van der Waals surface area contributed by atoms with Crippen LogP contribution in [-0.2, 0) is 10.8 Å². The van der Waals surface area contributed by atoms with Gasteiger partial charge in [0.25, 0.3) is 5.91 Å². The third-order valence-corrected chi connectivity index (χ3v) is 4.04. The fourth-order valence-electron chi connectivity index (χ4n) is 1.18. The minimum absolute atomic E-state index is 0.111. The van der Waals surface area contributed by atoms with Crippen LogP contribution in [0.4, 0.5) is 5.82 Å². The van der Waals surface area contributed by atoms with Crippen LogP contribution in [0.5, 0.6) is 0 Å². The molecule has 1 aromatic rings. The van der Waals surface area contributed by atoms with Gasteiger partial charge in [0.2, 0.25) is 0 Å². The molecule has 7 heteroatoms. The average molecular weight is 290 g/mol. The number of hydrogen-bond acceptors (Lipinski definition) is 4. The number of halogens is 1. The van der Waals surface area contributed by atoms with Crippen LogP contribution in [0, 0.1) is 0 Å². The fraction of sp³-hybridized carbons (Fsp3) is 0.455. The number of pyridine rings is 1. The van der Waals surface area contributed by atoms with Crippen molar-refractivity contribution >= 4 is 34.1 Å². The molecule has 2 N–H and O–H groups in total. The Balaban J connectivity index is 2.75. The molecule has 2 unspecified atom stereocenters. The van der Waals surface area contributed by atoms with Gasteiger partial charge in [0.15, 0.2) is 0 Å². The van der Waals surface area contributed by atoms with Crippen LogP contribution in [0.2, 0.25) is 5.02 Å². The maximum absolute atomic E-state index is 11.9. The summed E-state index contributed by atoms with van der Waals surface area (Å²) in [5, 5.41) is 5.68. The first-order valence-corrected chi connectivity index (χ1v) is 7.40. The molecular weight excluding hydrogens is 274 g/mol. The Labute approximate surface area is 114 Å². The molecule has 0 aliphatic rings. The van der Waals surface area contributed by atoms with Gasteiger partial charge < -0.3 is 10.6 Å². The number of carbonyl (C=O) groups is 1. The normalized spacial score (nSPS) is 13.8. The maximum atomic E-state index is 11.9. The third-order valence-electron chi connectivity index (χ3n) is 2.43. The van der Waals surface area contributed by atoms with E-state index in [9.17, 15) is 9.00 Å². The highest BCUT2D eigenvalue weighted by atomic mass is 35.5. The van der Waals surface area contributed by atoms with Gasteiger partial charge in [0.1, 0.15) is 11.5 Å².